The van der Waals surface area contributed by atoms with E-state index in [9.17, 15) is 4.79 Å². The standard InChI is InChI=1S/C20H14ClN3O3/c1-12-22-19(27-24-12)11-26-20(25)15-10-18(14-7-2-4-8-16(14)21)23-17-9-5-3-6-13(15)17/h2-10H,11H2,1H3. The first-order chi connectivity index (χ1) is 13.1. The van der Waals surface area contributed by atoms with E-state index in [0.29, 0.717) is 33.0 Å². The number of carbonyl (C=O) groups excluding carboxylic acids is 1. The van der Waals surface area contributed by atoms with Crippen LogP contribution in [0.5, 0.6) is 0 Å². The van der Waals surface area contributed by atoms with Crippen LogP contribution < -0.4 is 0 Å². The van der Waals surface area contributed by atoms with Gasteiger partial charge in [0.25, 0.3) is 5.89 Å². The van der Waals surface area contributed by atoms with Crippen LogP contribution in [0.4, 0.5) is 0 Å². The van der Waals surface area contributed by atoms with Gasteiger partial charge in [-0.15, -0.1) is 0 Å². The Bertz CT molecular complexity index is 1140. The summed E-state index contributed by atoms with van der Waals surface area (Å²) >= 11 is 6.30. The minimum absolute atomic E-state index is 0.0995. The number of esters is 1. The lowest BCUT2D eigenvalue weighted by molar-refractivity contribution is 0.0432. The number of hydrogen-bond acceptors (Lipinski definition) is 6. The minimum atomic E-state index is -0.502. The van der Waals surface area contributed by atoms with Crippen molar-refractivity contribution < 1.29 is 14.1 Å². The molecule has 0 fully saturated rings. The average molecular weight is 380 g/mol. The van der Waals surface area contributed by atoms with E-state index < -0.39 is 5.97 Å². The van der Waals surface area contributed by atoms with Crippen LogP contribution in [-0.2, 0) is 11.3 Å². The molecule has 0 aliphatic carbocycles. The van der Waals surface area contributed by atoms with Gasteiger partial charge < -0.3 is 9.26 Å². The number of aromatic nitrogens is 3. The van der Waals surface area contributed by atoms with Crippen molar-refractivity contribution in [2.45, 2.75) is 13.5 Å². The lowest BCUT2D eigenvalue weighted by Gasteiger charge is -2.10. The zero-order valence-corrected chi connectivity index (χ0v) is 15.1. The second-order valence-corrected chi connectivity index (χ2v) is 6.27. The van der Waals surface area contributed by atoms with Crippen LogP contribution in [0, 0.1) is 6.92 Å². The number of ether oxygens (including phenoxy) is 1. The van der Waals surface area contributed by atoms with Crippen molar-refractivity contribution in [2.24, 2.45) is 0 Å². The molecule has 4 rings (SSSR count). The van der Waals surface area contributed by atoms with Gasteiger partial charge >= 0.3 is 5.97 Å². The predicted molar refractivity (Wildman–Crippen MR) is 100 cm³/mol. The number of para-hydroxylation sites is 1. The summed E-state index contributed by atoms with van der Waals surface area (Å²) in [5.41, 5.74) is 2.41. The maximum absolute atomic E-state index is 12.7. The molecule has 0 N–H and O–H groups in total. The molecule has 0 aliphatic rings. The van der Waals surface area contributed by atoms with Crippen molar-refractivity contribution >= 4 is 28.5 Å². The lowest BCUT2D eigenvalue weighted by atomic mass is 10.0. The molecule has 0 spiro atoms. The molecule has 2 heterocycles. The number of nitrogens with zero attached hydrogens (tertiary/aromatic N) is 3. The van der Waals surface area contributed by atoms with Crippen LogP contribution in [0.3, 0.4) is 0 Å². The van der Waals surface area contributed by atoms with Gasteiger partial charge in [0.05, 0.1) is 16.8 Å². The number of aryl methyl sites for hydroxylation is 1. The summed E-state index contributed by atoms with van der Waals surface area (Å²) in [5, 5.41) is 4.93. The number of carbonyl (C=O) groups is 1. The van der Waals surface area contributed by atoms with Crippen LogP contribution in [0.1, 0.15) is 22.1 Å². The average Bonchev–Trinajstić information content (AvgIpc) is 3.11. The number of fused-ring (bicyclic) bond motifs is 1. The van der Waals surface area contributed by atoms with E-state index in [2.05, 4.69) is 15.1 Å². The Kier molecular flexibility index (Phi) is 4.56. The number of hydrogen-bond donors (Lipinski definition) is 0. The second-order valence-electron chi connectivity index (χ2n) is 5.86. The Morgan fingerprint density at radius 3 is 2.67 bits per heavy atom. The molecule has 7 heteroatoms. The smallest absolute Gasteiger partial charge is 0.339 e. The van der Waals surface area contributed by atoms with Gasteiger partial charge in [0.15, 0.2) is 12.4 Å². The molecule has 2 aromatic carbocycles. The fourth-order valence-corrected chi connectivity index (χ4v) is 2.99. The summed E-state index contributed by atoms with van der Waals surface area (Å²) in [6, 6.07) is 16.4. The van der Waals surface area contributed by atoms with Gasteiger partial charge in [0.1, 0.15) is 0 Å². The van der Waals surface area contributed by atoms with E-state index >= 15 is 0 Å². The largest absolute Gasteiger partial charge is 0.452 e. The molecule has 27 heavy (non-hydrogen) atoms. The van der Waals surface area contributed by atoms with Gasteiger partial charge in [0, 0.05) is 16.0 Å². The van der Waals surface area contributed by atoms with Crippen molar-refractivity contribution in [3.05, 3.63) is 76.9 Å². The lowest BCUT2D eigenvalue weighted by Crippen LogP contribution is -2.07. The predicted octanol–water partition coefficient (Wildman–Crippen LogP) is 4.60. The minimum Gasteiger partial charge on any atom is -0.452 e. The van der Waals surface area contributed by atoms with Gasteiger partial charge in [0.2, 0.25) is 0 Å². The third-order valence-corrected chi connectivity index (χ3v) is 4.31. The molecule has 0 bridgehead atoms. The SMILES string of the molecule is Cc1noc(COC(=O)c2cc(-c3ccccc3Cl)nc3ccccc23)n1. The topological polar surface area (TPSA) is 78.1 Å². The van der Waals surface area contributed by atoms with Crippen molar-refractivity contribution in [3.8, 4) is 11.3 Å². The third-order valence-electron chi connectivity index (χ3n) is 3.98. The van der Waals surface area contributed by atoms with Crippen molar-refractivity contribution in [1.82, 2.24) is 15.1 Å². The Balaban J connectivity index is 1.74. The summed E-state index contributed by atoms with van der Waals surface area (Å²) < 4.78 is 10.3. The zero-order chi connectivity index (χ0) is 18.8. The molecule has 0 amide bonds. The van der Waals surface area contributed by atoms with Crippen LogP contribution >= 0.6 is 11.6 Å². The van der Waals surface area contributed by atoms with Gasteiger partial charge in [-0.3, -0.25) is 0 Å². The van der Waals surface area contributed by atoms with Gasteiger partial charge in [-0.25, -0.2) is 9.78 Å². The van der Waals surface area contributed by atoms with E-state index in [1.807, 2.05) is 42.5 Å². The molecule has 0 radical (unpaired) electrons. The first kappa shape index (κ1) is 17.2. The maximum atomic E-state index is 12.7. The number of pyridine rings is 1. The summed E-state index contributed by atoms with van der Waals surface area (Å²) in [5.74, 6) is 0.222. The Hall–Kier alpha value is -3.25. The summed E-state index contributed by atoms with van der Waals surface area (Å²) in [7, 11) is 0. The molecule has 4 aromatic rings. The van der Waals surface area contributed by atoms with Crippen LogP contribution in [0.2, 0.25) is 5.02 Å². The molecular weight excluding hydrogens is 366 g/mol. The fraction of sp³-hybridized carbons (Fsp3) is 0.100. The monoisotopic (exact) mass is 379 g/mol. The van der Waals surface area contributed by atoms with Gasteiger partial charge in [-0.2, -0.15) is 4.98 Å². The van der Waals surface area contributed by atoms with E-state index in [1.54, 1.807) is 19.1 Å². The van der Waals surface area contributed by atoms with Crippen LogP contribution in [-0.4, -0.2) is 21.1 Å². The fourth-order valence-electron chi connectivity index (χ4n) is 2.75. The quantitative estimate of drug-likeness (QED) is 0.482. The number of benzene rings is 2. The van der Waals surface area contributed by atoms with E-state index in [-0.39, 0.29) is 12.5 Å². The highest BCUT2D eigenvalue weighted by molar-refractivity contribution is 6.33. The zero-order valence-electron chi connectivity index (χ0n) is 14.3. The van der Waals surface area contributed by atoms with E-state index in [4.69, 9.17) is 20.9 Å². The molecule has 6 nitrogen and oxygen atoms in total. The third kappa shape index (κ3) is 3.52. The summed E-state index contributed by atoms with van der Waals surface area (Å²) in [6.45, 7) is 1.60. The summed E-state index contributed by atoms with van der Waals surface area (Å²) in [6.07, 6.45) is 0. The Morgan fingerprint density at radius 1 is 1.11 bits per heavy atom. The molecule has 2 aromatic heterocycles. The first-order valence-electron chi connectivity index (χ1n) is 8.23. The Labute approximate surface area is 159 Å². The molecule has 0 aliphatic heterocycles. The highest BCUT2D eigenvalue weighted by Gasteiger charge is 2.17. The van der Waals surface area contributed by atoms with Crippen molar-refractivity contribution in [1.29, 1.82) is 0 Å². The van der Waals surface area contributed by atoms with Crippen molar-refractivity contribution in [3.63, 3.8) is 0 Å². The number of rotatable bonds is 4. The normalized spacial score (nSPS) is 10.9. The molecule has 0 atom stereocenters. The summed E-state index contributed by atoms with van der Waals surface area (Å²) in [4.78, 5) is 21.4. The Morgan fingerprint density at radius 2 is 1.89 bits per heavy atom. The van der Waals surface area contributed by atoms with Gasteiger partial charge in [-0.05, 0) is 25.1 Å². The van der Waals surface area contributed by atoms with Crippen LogP contribution in [0.15, 0.2) is 59.1 Å². The van der Waals surface area contributed by atoms with Crippen LogP contribution in [0.25, 0.3) is 22.2 Å². The van der Waals surface area contributed by atoms with Gasteiger partial charge in [-0.1, -0.05) is 53.2 Å². The first-order valence-corrected chi connectivity index (χ1v) is 8.60. The molecule has 0 unspecified atom stereocenters. The highest BCUT2D eigenvalue weighted by Crippen LogP contribution is 2.30. The van der Waals surface area contributed by atoms with E-state index in [1.165, 1.54) is 0 Å². The number of halogens is 1. The molecule has 134 valence electrons. The molecular formula is C20H14ClN3O3. The molecule has 0 saturated heterocycles. The molecule has 0 saturated carbocycles. The highest BCUT2D eigenvalue weighted by atomic mass is 35.5. The second kappa shape index (κ2) is 7.17. The maximum Gasteiger partial charge on any atom is 0.339 e. The van der Waals surface area contributed by atoms with Crippen molar-refractivity contribution in [2.75, 3.05) is 0 Å². The van der Waals surface area contributed by atoms with E-state index in [0.717, 1.165) is 5.56 Å².